The smallest absolute Gasteiger partial charge is 0.260 e. The van der Waals surface area contributed by atoms with E-state index in [-0.39, 0.29) is 17.9 Å². The first-order valence-electron chi connectivity index (χ1n) is 19.8. The fourth-order valence-corrected chi connectivity index (χ4v) is 8.19. The third kappa shape index (κ3) is 7.46. The summed E-state index contributed by atoms with van der Waals surface area (Å²) >= 11 is 0. The molecule has 0 saturated heterocycles. The molecule has 2 atom stereocenters. The average Bonchev–Trinajstić information content (AvgIpc) is 3.79. The molecule has 302 valence electrons. The number of methoxy groups -OCH3 is 4. The number of amides is 2. The number of hydrogen-bond donors (Lipinski definition) is 2. The van der Waals surface area contributed by atoms with Crippen LogP contribution in [0.5, 0.6) is 34.5 Å². The number of anilines is 2. The number of rotatable bonds is 14. The van der Waals surface area contributed by atoms with Crippen molar-refractivity contribution in [2.24, 2.45) is 0 Å². The van der Waals surface area contributed by atoms with Gasteiger partial charge in [-0.25, -0.2) is 0 Å². The van der Waals surface area contributed by atoms with Crippen LogP contribution in [0.25, 0.3) is 11.1 Å². The van der Waals surface area contributed by atoms with Crippen LogP contribution in [0.4, 0.5) is 11.4 Å². The molecule has 4 aliphatic rings. The van der Waals surface area contributed by atoms with Crippen molar-refractivity contribution in [2.45, 2.75) is 50.6 Å². The summed E-state index contributed by atoms with van der Waals surface area (Å²) in [7, 11) is 6.48. The number of carbonyl (C=O) groups excluding carboxylic acids is 2. The Bertz CT molecular complexity index is 2250. The van der Waals surface area contributed by atoms with Crippen molar-refractivity contribution in [1.29, 1.82) is 0 Å². The van der Waals surface area contributed by atoms with E-state index in [2.05, 4.69) is 17.6 Å². The molecule has 0 radical (unpaired) electrons. The van der Waals surface area contributed by atoms with Crippen molar-refractivity contribution in [2.75, 3.05) is 65.4 Å². The maximum Gasteiger partial charge on any atom is 0.260 e. The van der Waals surface area contributed by atoms with Crippen LogP contribution in [0.1, 0.15) is 70.9 Å². The minimum absolute atomic E-state index is 0.00231. The van der Waals surface area contributed by atoms with Crippen molar-refractivity contribution >= 4 is 34.3 Å². The molecule has 0 saturated carbocycles. The van der Waals surface area contributed by atoms with Crippen molar-refractivity contribution in [3.05, 3.63) is 107 Å². The van der Waals surface area contributed by atoms with E-state index in [1.807, 2.05) is 82.9 Å². The van der Waals surface area contributed by atoms with Crippen LogP contribution < -0.4 is 39.1 Å². The van der Waals surface area contributed by atoms with E-state index in [0.29, 0.717) is 60.4 Å². The van der Waals surface area contributed by atoms with Gasteiger partial charge in [0.2, 0.25) is 0 Å². The zero-order chi connectivity index (χ0) is 40.4. The first-order chi connectivity index (χ1) is 28.2. The summed E-state index contributed by atoms with van der Waals surface area (Å²) in [4.78, 5) is 31.4. The highest BCUT2D eigenvalue weighted by molar-refractivity contribution is 6.04. The van der Waals surface area contributed by atoms with E-state index < -0.39 is 5.54 Å². The molecule has 4 aliphatic heterocycles. The lowest BCUT2D eigenvalue weighted by molar-refractivity contribution is 0.0712. The summed E-state index contributed by atoms with van der Waals surface area (Å²) in [5.41, 5.74) is 6.48. The Hall–Kier alpha value is -6.30. The highest BCUT2D eigenvalue weighted by atomic mass is 16.5. The summed E-state index contributed by atoms with van der Waals surface area (Å²) in [6.45, 7) is 4.25. The lowest BCUT2D eigenvalue weighted by Crippen LogP contribution is -2.46. The molecule has 8 rings (SSSR count). The van der Waals surface area contributed by atoms with E-state index in [4.69, 9.17) is 28.4 Å². The molecule has 2 amide bonds. The minimum atomic E-state index is -0.434. The Labute approximate surface area is 339 Å². The van der Waals surface area contributed by atoms with Crippen molar-refractivity contribution in [3.8, 4) is 34.5 Å². The quantitative estimate of drug-likeness (QED) is 0.121. The zero-order valence-electron chi connectivity index (χ0n) is 33.7. The van der Waals surface area contributed by atoms with Gasteiger partial charge >= 0.3 is 0 Å². The van der Waals surface area contributed by atoms with Gasteiger partial charge in [-0.2, -0.15) is 0 Å². The van der Waals surface area contributed by atoms with Crippen LogP contribution in [-0.4, -0.2) is 87.9 Å². The SMILES string of the molecule is COc1ccc(C2=CN3C(=O)c4cc(OC)c(OCCCCCOc5cc6c(cc5OC)C(=O)N5C=C(c7ccc(OC)cc7)C[C@@]5(C)CN6)cc4NC[C@@H]3C2)cc1. The average molecular weight is 787 g/mol. The van der Waals surface area contributed by atoms with Gasteiger partial charge in [-0.1, -0.05) is 24.3 Å². The number of unbranched alkanes of at least 4 members (excludes halogenated alkanes) is 2. The van der Waals surface area contributed by atoms with E-state index in [1.165, 1.54) is 0 Å². The Morgan fingerprint density at radius 1 is 0.638 bits per heavy atom. The highest BCUT2D eigenvalue weighted by Gasteiger charge is 2.43. The predicted molar refractivity (Wildman–Crippen MR) is 224 cm³/mol. The molecule has 4 heterocycles. The molecule has 4 aromatic carbocycles. The second-order valence-corrected chi connectivity index (χ2v) is 15.3. The van der Waals surface area contributed by atoms with Gasteiger partial charge in [0.05, 0.1) is 75.7 Å². The molecule has 4 aromatic rings. The Balaban J connectivity index is 0.849. The standard InChI is InChI=1S/C46H50N4O8/c1-46-24-32(30-11-15-35(54-3)16-12-30)27-50(46)45(52)37-21-41(56-5)43(23-39(37)48-28-46)58-18-8-6-7-17-57-42-22-38-36(20-40(42)55-4)44(51)49-26-31(19-33(49)25-47-38)29-9-13-34(53-2)14-10-29/h9-16,20-23,26-27,33,47-48H,6-8,17-19,24-25,28H2,1-5H3/t33-,46-/m0/s1. The fourth-order valence-electron chi connectivity index (χ4n) is 8.19. The number of nitrogens with zero attached hydrogens (tertiary/aromatic N) is 2. The molecule has 0 aliphatic carbocycles. The maximum absolute atomic E-state index is 14.0. The van der Waals surface area contributed by atoms with Crippen LogP contribution in [0.15, 0.2) is 85.2 Å². The molecule has 2 N–H and O–H groups in total. The van der Waals surface area contributed by atoms with Crippen LogP contribution in [-0.2, 0) is 0 Å². The molecule has 0 fully saturated rings. The first-order valence-corrected chi connectivity index (χ1v) is 19.8. The van der Waals surface area contributed by atoms with E-state index in [0.717, 1.165) is 77.3 Å². The largest absolute Gasteiger partial charge is 0.497 e. The zero-order valence-corrected chi connectivity index (χ0v) is 33.7. The molecule has 0 spiro atoms. The van der Waals surface area contributed by atoms with Gasteiger partial charge in [-0.3, -0.25) is 9.59 Å². The summed E-state index contributed by atoms with van der Waals surface area (Å²) < 4.78 is 34.4. The number of nitrogens with one attached hydrogen (secondary N) is 2. The van der Waals surface area contributed by atoms with Crippen LogP contribution in [0.3, 0.4) is 0 Å². The maximum atomic E-state index is 14.0. The summed E-state index contributed by atoms with van der Waals surface area (Å²) in [5, 5.41) is 7.02. The van der Waals surface area contributed by atoms with Crippen molar-refractivity contribution in [1.82, 2.24) is 9.80 Å². The van der Waals surface area contributed by atoms with Crippen LogP contribution in [0, 0.1) is 0 Å². The normalized spacial score (nSPS) is 19.2. The summed E-state index contributed by atoms with van der Waals surface area (Å²) in [5.74, 6) is 3.64. The number of carbonyl (C=O) groups is 2. The minimum Gasteiger partial charge on any atom is -0.497 e. The molecule has 12 heteroatoms. The molecule has 0 aromatic heterocycles. The Kier molecular flexibility index (Phi) is 10.8. The fraction of sp³-hybridized carbons (Fsp3) is 0.348. The summed E-state index contributed by atoms with van der Waals surface area (Å²) in [6, 6.07) is 23.1. The van der Waals surface area contributed by atoms with Gasteiger partial charge in [0.25, 0.3) is 11.8 Å². The van der Waals surface area contributed by atoms with Gasteiger partial charge < -0.3 is 48.9 Å². The highest BCUT2D eigenvalue weighted by Crippen LogP contribution is 2.44. The van der Waals surface area contributed by atoms with Crippen LogP contribution >= 0.6 is 0 Å². The van der Waals surface area contributed by atoms with Gasteiger partial charge in [0.15, 0.2) is 23.0 Å². The lowest BCUT2D eigenvalue weighted by atomic mass is 9.92. The van der Waals surface area contributed by atoms with Crippen molar-refractivity contribution < 1.29 is 38.0 Å². The second-order valence-electron chi connectivity index (χ2n) is 15.3. The molecule has 0 unspecified atom stereocenters. The van der Waals surface area contributed by atoms with E-state index in [1.54, 1.807) is 40.6 Å². The number of benzene rings is 4. The number of fused-ring (bicyclic) bond motifs is 4. The number of ether oxygens (including phenoxy) is 6. The third-order valence-electron chi connectivity index (χ3n) is 11.5. The Morgan fingerprint density at radius 2 is 1.19 bits per heavy atom. The second kappa shape index (κ2) is 16.3. The molecule has 0 bridgehead atoms. The van der Waals surface area contributed by atoms with Gasteiger partial charge in [0, 0.05) is 37.6 Å². The topological polar surface area (TPSA) is 120 Å². The van der Waals surface area contributed by atoms with Gasteiger partial charge in [0.1, 0.15) is 11.5 Å². The van der Waals surface area contributed by atoms with Crippen molar-refractivity contribution in [3.63, 3.8) is 0 Å². The molecule has 12 nitrogen and oxygen atoms in total. The number of hydrogen-bond acceptors (Lipinski definition) is 10. The molecular weight excluding hydrogens is 737 g/mol. The predicted octanol–water partition coefficient (Wildman–Crippen LogP) is 8.10. The summed E-state index contributed by atoms with van der Waals surface area (Å²) in [6.07, 6.45) is 7.86. The van der Waals surface area contributed by atoms with Crippen LogP contribution in [0.2, 0.25) is 0 Å². The van der Waals surface area contributed by atoms with Gasteiger partial charge in [-0.15, -0.1) is 0 Å². The Morgan fingerprint density at radius 3 is 1.76 bits per heavy atom. The van der Waals surface area contributed by atoms with E-state index >= 15 is 0 Å². The lowest BCUT2D eigenvalue weighted by Gasteiger charge is -2.32. The first kappa shape index (κ1) is 38.6. The monoisotopic (exact) mass is 786 g/mol. The third-order valence-corrected chi connectivity index (χ3v) is 11.5. The van der Waals surface area contributed by atoms with E-state index in [9.17, 15) is 9.59 Å². The molecule has 58 heavy (non-hydrogen) atoms. The molecular formula is C46H50N4O8. The van der Waals surface area contributed by atoms with Gasteiger partial charge in [-0.05, 0) is 97.7 Å².